The second-order valence-corrected chi connectivity index (χ2v) is 12.8. The van der Waals surface area contributed by atoms with Gasteiger partial charge in [0.05, 0.1) is 0 Å². The molecule has 0 spiro atoms. The molecule has 0 aliphatic rings. The first-order valence-electron chi connectivity index (χ1n) is 16.7. The fourth-order valence-electron chi connectivity index (χ4n) is 8.03. The van der Waals surface area contributed by atoms with Gasteiger partial charge in [0, 0.05) is 0 Å². The standard InChI is InChI=1S/C48H30/c1-2-14-35-29-45-36(28-34(35)13-1)30-46(40-18-6-5-17-39(40)45)48-43-21-9-7-19-41(43)47(42-20-8-10-22-44(42)48)33-26-24-32(25-27-33)38-23-11-15-31-12-3-4-16-37(31)38/h1-30H. The van der Waals surface area contributed by atoms with Crippen molar-refractivity contribution in [1.82, 2.24) is 0 Å². The maximum absolute atomic E-state index is 2.43. The fourth-order valence-corrected chi connectivity index (χ4v) is 8.03. The summed E-state index contributed by atoms with van der Waals surface area (Å²) in [4.78, 5) is 0. The number of benzene rings is 10. The first-order chi connectivity index (χ1) is 23.8. The molecule has 0 fully saturated rings. The van der Waals surface area contributed by atoms with Crippen molar-refractivity contribution in [2.45, 2.75) is 0 Å². The summed E-state index contributed by atoms with van der Waals surface area (Å²) < 4.78 is 0. The van der Waals surface area contributed by atoms with Gasteiger partial charge in [-0.25, -0.2) is 0 Å². The molecule has 0 nitrogen and oxygen atoms in total. The summed E-state index contributed by atoms with van der Waals surface area (Å²) in [5.41, 5.74) is 7.58. The molecule has 10 aromatic rings. The van der Waals surface area contributed by atoms with Crippen LogP contribution in [0.3, 0.4) is 0 Å². The van der Waals surface area contributed by atoms with Gasteiger partial charge in [-0.05, 0) is 116 Å². The summed E-state index contributed by atoms with van der Waals surface area (Å²) in [7, 11) is 0. The zero-order chi connectivity index (χ0) is 31.6. The summed E-state index contributed by atoms with van der Waals surface area (Å²) in [5, 5.41) is 15.3. The summed E-state index contributed by atoms with van der Waals surface area (Å²) in [6, 6.07) is 67.1. The van der Waals surface area contributed by atoms with Gasteiger partial charge in [0.25, 0.3) is 0 Å². The van der Waals surface area contributed by atoms with Crippen molar-refractivity contribution in [2.75, 3.05) is 0 Å². The van der Waals surface area contributed by atoms with E-state index >= 15 is 0 Å². The maximum atomic E-state index is 2.43. The minimum atomic E-state index is 1.23. The molecular formula is C48H30. The highest BCUT2D eigenvalue weighted by Gasteiger charge is 2.19. The fraction of sp³-hybridized carbons (Fsp3) is 0. The van der Waals surface area contributed by atoms with Crippen LogP contribution in [0.1, 0.15) is 0 Å². The van der Waals surface area contributed by atoms with Crippen LogP contribution in [0.5, 0.6) is 0 Å². The molecular weight excluding hydrogens is 577 g/mol. The molecule has 0 saturated carbocycles. The lowest BCUT2D eigenvalue weighted by Crippen LogP contribution is -1.92. The van der Waals surface area contributed by atoms with E-state index in [1.807, 2.05) is 0 Å². The third kappa shape index (κ3) is 4.10. The molecule has 0 aliphatic heterocycles. The van der Waals surface area contributed by atoms with E-state index in [-0.39, 0.29) is 0 Å². The molecule has 10 aromatic carbocycles. The molecule has 0 saturated heterocycles. The Balaban J connectivity index is 1.25. The molecule has 0 bridgehead atoms. The lowest BCUT2D eigenvalue weighted by Gasteiger charge is -2.20. The maximum Gasteiger partial charge on any atom is -0.00199 e. The molecule has 0 heterocycles. The Labute approximate surface area is 279 Å². The normalized spacial score (nSPS) is 11.8. The Morgan fingerprint density at radius 3 is 1.35 bits per heavy atom. The van der Waals surface area contributed by atoms with Gasteiger partial charge >= 0.3 is 0 Å². The molecule has 48 heavy (non-hydrogen) atoms. The van der Waals surface area contributed by atoms with Crippen molar-refractivity contribution in [1.29, 1.82) is 0 Å². The Morgan fingerprint density at radius 1 is 0.208 bits per heavy atom. The average Bonchev–Trinajstić information content (AvgIpc) is 3.16. The Hall–Kier alpha value is -6.24. The van der Waals surface area contributed by atoms with Gasteiger partial charge in [-0.15, -0.1) is 0 Å². The van der Waals surface area contributed by atoms with E-state index in [1.165, 1.54) is 98.0 Å². The van der Waals surface area contributed by atoms with E-state index in [2.05, 4.69) is 182 Å². The zero-order valence-electron chi connectivity index (χ0n) is 26.3. The Morgan fingerprint density at radius 2 is 0.688 bits per heavy atom. The van der Waals surface area contributed by atoms with Crippen LogP contribution < -0.4 is 0 Å². The SMILES string of the molecule is c1ccc2cc3c(cc(-c4c5ccccc5c(-c5ccc(-c6cccc7ccccc67)cc5)c5ccccc45)c4ccccc43)cc2c1. The van der Waals surface area contributed by atoms with Gasteiger partial charge in [0.1, 0.15) is 0 Å². The van der Waals surface area contributed by atoms with Crippen LogP contribution >= 0.6 is 0 Å². The van der Waals surface area contributed by atoms with Crippen molar-refractivity contribution >= 4 is 64.6 Å². The predicted octanol–water partition coefficient (Wildman–Crippen LogP) is 13.6. The molecule has 0 heteroatoms. The first-order valence-corrected chi connectivity index (χ1v) is 16.7. The van der Waals surface area contributed by atoms with Crippen molar-refractivity contribution in [3.8, 4) is 33.4 Å². The van der Waals surface area contributed by atoms with E-state index in [9.17, 15) is 0 Å². The van der Waals surface area contributed by atoms with Crippen LogP contribution in [0.2, 0.25) is 0 Å². The number of hydrogen-bond acceptors (Lipinski definition) is 0. The number of rotatable bonds is 3. The summed E-state index contributed by atoms with van der Waals surface area (Å²) >= 11 is 0. The van der Waals surface area contributed by atoms with Gasteiger partial charge in [-0.1, -0.05) is 164 Å². The molecule has 0 unspecified atom stereocenters. The zero-order valence-corrected chi connectivity index (χ0v) is 26.3. The van der Waals surface area contributed by atoms with Gasteiger partial charge in [0.2, 0.25) is 0 Å². The third-order valence-corrected chi connectivity index (χ3v) is 10.2. The number of hydrogen-bond donors (Lipinski definition) is 0. The summed E-state index contributed by atoms with van der Waals surface area (Å²) in [5.74, 6) is 0. The highest BCUT2D eigenvalue weighted by molar-refractivity contribution is 6.26. The Kier molecular flexibility index (Phi) is 5.98. The van der Waals surface area contributed by atoms with E-state index in [0.29, 0.717) is 0 Å². The summed E-state index contributed by atoms with van der Waals surface area (Å²) in [6.07, 6.45) is 0. The second kappa shape index (κ2) is 10.7. The van der Waals surface area contributed by atoms with Crippen LogP contribution in [-0.4, -0.2) is 0 Å². The minimum Gasteiger partial charge on any atom is -0.0616 e. The second-order valence-electron chi connectivity index (χ2n) is 12.8. The molecule has 0 amide bonds. The van der Waals surface area contributed by atoms with Crippen molar-refractivity contribution in [2.24, 2.45) is 0 Å². The highest BCUT2D eigenvalue weighted by Crippen LogP contribution is 2.47. The molecule has 0 aromatic heterocycles. The van der Waals surface area contributed by atoms with Gasteiger partial charge in [-0.3, -0.25) is 0 Å². The minimum absolute atomic E-state index is 1.23. The third-order valence-electron chi connectivity index (χ3n) is 10.2. The van der Waals surface area contributed by atoms with E-state index < -0.39 is 0 Å². The number of fused-ring (bicyclic) bond motifs is 7. The largest absolute Gasteiger partial charge is 0.0616 e. The summed E-state index contributed by atoms with van der Waals surface area (Å²) in [6.45, 7) is 0. The molecule has 0 aliphatic carbocycles. The van der Waals surface area contributed by atoms with Crippen LogP contribution in [0.25, 0.3) is 98.0 Å². The lowest BCUT2D eigenvalue weighted by atomic mass is 9.83. The monoisotopic (exact) mass is 606 g/mol. The van der Waals surface area contributed by atoms with E-state index in [4.69, 9.17) is 0 Å². The van der Waals surface area contributed by atoms with Gasteiger partial charge < -0.3 is 0 Å². The smallest absolute Gasteiger partial charge is 0.00199 e. The molecule has 10 rings (SSSR count). The van der Waals surface area contributed by atoms with Crippen LogP contribution in [-0.2, 0) is 0 Å². The first kappa shape index (κ1) is 26.9. The van der Waals surface area contributed by atoms with E-state index in [0.717, 1.165) is 0 Å². The lowest BCUT2D eigenvalue weighted by molar-refractivity contribution is 1.63. The van der Waals surface area contributed by atoms with Crippen molar-refractivity contribution in [3.05, 3.63) is 182 Å². The molecule has 0 radical (unpaired) electrons. The van der Waals surface area contributed by atoms with Crippen molar-refractivity contribution < 1.29 is 0 Å². The Bertz CT molecular complexity index is 2810. The van der Waals surface area contributed by atoms with E-state index in [1.54, 1.807) is 0 Å². The van der Waals surface area contributed by atoms with Crippen LogP contribution in [0.15, 0.2) is 182 Å². The van der Waals surface area contributed by atoms with Gasteiger partial charge in [0.15, 0.2) is 0 Å². The van der Waals surface area contributed by atoms with Crippen LogP contribution in [0.4, 0.5) is 0 Å². The highest BCUT2D eigenvalue weighted by atomic mass is 14.2. The van der Waals surface area contributed by atoms with Crippen LogP contribution in [0, 0.1) is 0 Å². The predicted molar refractivity (Wildman–Crippen MR) is 208 cm³/mol. The average molecular weight is 607 g/mol. The van der Waals surface area contributed by atoms with Crippen molar-refractivity contribution in [3.63, 3.8) is 0 Å². The topological polar surface area (TPSA) is 0 Å². The van der Waals surface area contributed by atoms with Gasteiger partial charge in [-0.2, -0.15) is 0 Å². The molecule has 222 valence electrons. The molecule has 0 atom stereocenters. The molecule has 0 N–H and O–H groups in total. The quantitative estimate of drug-likeness (QED) is 0.139.